The van der Waals surface area contributed by atoms with Crippen LogP contribution < -0.4 is 10.5 Å². The molecule has 100 valence electrons. The van der Waals surface area contributed by atoms with Gasteiger partial charge in [-0.2, -0.15) is 0 Å². The smallest absolute Gasteiger partial charge is 0.154 e. The number of hydrogen-bond donors (Lipinski definition) is 1. The highest BCUT2D eigenvalue weighted by atomic mass is 16.5. The minimum atomic E-state index is 0.406. The minimum Gasteiger partial charge on any atom is -0.496 e. The van der Waals surface area contributed by atoms with E-state index >= 15 is 0 Å². The zero-order chi connectivity index (χ0) is 14.2. The molecule has 0 aliphatic carbocycles. The van der Waals surface area contributed by atoms with E-state index in [9.17, 15) is 0 Å². The summed E-state index contributed by atoms with van der Waals surface area (Å²) >= 11 is 0. The molecule has 0 saturated heterocycles. The molecule has 19 heavy (non-hydrogen) atoms. The van der Waals surface area contributed by atoms with Gasteiger partial charge in [0.25, 0.3) is 0 Å². The molecule has 2 rings (SSSR count). The summed E-state index contributed by atoms with van der Waals surface area (Å²) in [7, 11) is 1.67. The summed E-state index contributed by atoms with van der Waals surface area (Å²) in [4.78, 5) is 4.18. The normalized spacial score (nSPS) is 10.6. The van der Waals surface area contributed by atoms with Crippen LogP contribution in [0.5, 0.6) is 5.75 Å². The summed E-state index contributed by atoms with van der Waals surface area (Å²) in [6, 6.07) is 1.98. The van der Waals surface area contributed by atoms with Crippen LogP contribution in [0.4, 0.5) is 5.82 Å². The average Bonchev–Trinajstić information content (AvgIpc) is 2.36. The van der Waals surface area contributed by atoms with Crippen molar-refractivity contribution in [2.75, 3.05) is 12.8 Å². The molecule has 0 bridgehead atoms. The predicted molar refractivity (Wildman–Crippen MR) is 75.2 cm³/mol. The summed E-state index contributed by atoms with van der Waals surface area (Å²) in [6.07, 6.45) is 0. The fraction of sp³-hybridized carbons (Fsp3) is 0.357. The van der Waals surface area contributed by atoms with E-state index in [4.69, 9.17) is 10.5 Å². The van der Waals surface area contributed by atoms with E-state index in [-0.39, 0.29) is 0 Å². The van der Waals surface area contributed by atoms with E-state index in [1.54, 1.807) is 14.0 Å². The predicted octanol–water partition coefficient (Wildman–Crippen LogP) is 2.36. The van der Waals surface area contributed by atoms with Crippen LogP contribution in [0.3, 0.4) is 0 Å². The number of anilines is 1. The van der Waals surface area contributed by atoms with Gasteiger partial charge in [-0.25, -0.2) is 4.98 Å². The van der Waals surface area contributed by atoms with E-state index in [1.807, 2.05) is 26.8 Å². The molecule has 0 radical (unpaired) electrons. The van der Waals surface area contributed by atoms with Crippen LogP contribution in [0.2, 0.25) is 0 Å². The topological polar surface area (TPSA) is 73.9 Å². The molecule has 0 aliphatic rings. The Balaban J connectivity index is 2.72. The molecule has 2 N–H and O–H groups in total. The number of nitrogen functional groups attached to an aromatic ring is 1. The molecule has 0 aliphatic heterocycles. The second-order valence-electron chi connectivity index (χ2n) is 4.61. The van der Waals surface area contributed by atoms with Crippen LogP contribution in [0.15, 0.2) is 6.07 Å². The summed E-state index contributed by atoms with van der Waals surface area (Å²) < 4.78 is 5.36. The van der Waals surface area contributed by atoms with Gasteiger partial charge in [-0.1, -0.05) is 0 Å². The first-order valence-electron chi connectivity index (χ1n) is 6.07. The minimum absolute atomic E-state index is 0.406. The zero-order valence-electron chi connectivity index (χ0n) is 11.9. The molecule has 1 aromatic heterocycles. The highest BCUT2D eigenvalue weighted by Gasteiger charge is 2.16. The van der Waals surface area contributed by atoms with Crippen LogP contribution in [0.1, 0.15) is 22.5 Å². The number of nitrogens with two attached hydrogens (primary N) is 1. The highest BCUT2D eigenvalue weighted by molar-refractivity contribution is 5.77. The summed E-state index contributed by atoms with van der Waals surface area (Å²) in [5.41, 5.74) is 10.8. The van der Waals surface area contributed by atoms with Gasteiger partial charge >= 0.3 is 0 Å². The van der Waals surface area contributed by atoms with Crippen LogP contribution in [-0.2, 0) is 0 Å². The van der Waals surface area contributed by atoms with Gasteiger partial charge in [0.15, 0.2) is 5.82 Å². The number of hydrogen-bond acceptors (Lipinski definition) is 5. The molecule has 5 heteroatoms. The lowest BCUT2D eigenvalue weighted by atomic mass is 9.95. The van der Waals surface area contributed by atoms with E-state index < -0.39 is 0 Å². The Bertz CT molecular complexity index is 638. The van der Waals surface area contributed by atoms with Crippen molar-refractivity contribution < 1.29 is 4.74 Å². The Morgan fingerprint density at radius 2 is 1.74 bits per heavy atom. The lowest BCUT2D eigenvalue weighted by Crippen LogP contribution is -2.05. The number of nitrogens with zero attached hydrogens (tertiary/aromatic N) is 3. The number of methoxy groups -OCH3 is 1. The Hall–Kier alpha value is -2.17. The first-order chi connectivity index (χ1) is 8.95. The Kier molecular flexibility index (Phi) is 3.38. The van der Waals surface area contributed by atoms with Crippen LogP contribution >= 0.6 is 0 Å². The van der Waals surface area contributed by atoms with Gasteiger partial charge in [-0.3, -0.25) is 0 Å². The summed E-state index contributed by atoms with van der Waals surface area (Å²) in [5, 5.41) is 8.19. The molecule has 5 nitrogen and oxygen atoms in total. The molecule has 0 fully saturated rings. The second kappa shape index (κ2) is 4.84. The van der Waals surface area contributed by atoms with Crippen molar-refractivity contribution in [3.63, 3.8) is 0 Å². The monoisotopic (exact) mass is 258 g/mol. The van der Waals surface area contributed by atoms with Gasteiger partial charge in [0.1, 0.15) is 17.3 Å². The quantitative estimate of drug-likeness (QED) is 0.895. The largest absolute Gasteiger partial charge is 0.496 e. The average molecular weight is 258 g/mol. The van der Waals surface area contributed by atoms with Crippen molar-refractivity contribution in [3.05, 3.63) is 28.6 Å². The van der Waals surface area contributed by atoms with Gasteiger partial charge in [0.05, 0.1) is 7.11 Å². The maximum atomic E-state index is 5.97. The van der Waals surface area contributed by atoms with E-state index in [1.165, 1.54) is 0 Å². The van der Waals surface area contributed by atoms with Crippen LogP contribution in [0, 0.1) is 27.7 Å². The molecule has 0 amide bonds. The number of benzene rings is 1. The molecule has 2 aromatic rings. The first-order valence-corrected chi connectivity index (χ1v) is 6.07. The highest BCUT2D eigenvalue weighted by Crippen LogP contribution is 2.35. The van der Waals surface area contributed by atoms with E-state index in [0.717, 1.165) is 28.0 Å². The van der Waals surface area contributed by atoms with Gasteiger partial charge in [0.2, 0.25) is 0 Å². The second-order valence-corrected chi connectivity index (χ2v) is 4.61. The van der Waals surface area contributed by atoms with Crippen molar-refractivity contribution >= 4 is 5.82 Å². The molecule has 1 aromatic carbocycles. The van der Waals surface area contributed by atoms with Crippen LogP contribution in [-0.4, -0.2) is 22.3 Å². The van der Waals surface area contributed by atoms with Gasteiger partial charge in [0, 0.05) is 5.56 Å². The fourth-order valence-corrected chi connectivity index (χ4v) is 2.22. The van der Waals surface area contributed by atoms with Crippen molar-refractivity contribution in [2.45, 2.75) is 27.7 Å². The van der Waals surface area contributed by atoms with Crippen molar-refractivity contribution in [2.24, 2.45) is 0 Å². The maximum absolute atomic E-state index is 5.97. The third-order valence-electron chi connectivity index (χ3n) is 3.33. The third-order valence-corrected chi connectivity index (χ3v) is 3.33. The van der Waals surface area contributed by atoms with Crippen molar-refractivity contribution in [3.8, 4) is 17.0 Å². The van der Waals surface area contributed by atoms with Crippen molar-refractivity contribution in [1.29, 1.82) is 0 Å². The zero-order valence-corrected chi connectivity index (χ0v) is 11.9. The molecule has 0 unspecified atom stereocenters. The van der Waals surface area contributed by atoms with Crippen LogP contribution in [0.25, 0.3) is 11.3 Å². The molecule has 1 heterocycles. The Morgan fingerprint density at radius 3 is 2.32 bits per heavy atom. The lowest BCUT2D eigenvalue weighted by Gasteiger charge is -2.16. The Morgan fingerprint density at radius 1 is 1.05 bits per heavy atom. The fourth-order valence-electron chi connectivity index (χ4n) is 2.22. The Labute approximate surface area is 112 Å². The number of aromatic nitrogens is 3. The third kappa shape index (κ3) is 2.23. The first kappa shape index (κ1) is 13.3. The molecular weight excluding hydrogens is 240 g/mol. The summed E-state index contributed by atoms with van der Waals surface area (Å²) in [6.45, 7) is 7.82. The van der Waals surface area contributed by atoms with Gasteiger partial charge in [-0.05, 0) is 50.5 Å². The SMILES string of the molecule is COc1cc(C)c(-c2nnc(C)nc2N)c(C)c1C. The lowest BCUT2D eigenvalue weighted by molar-refractivity contribution is 0.411. The van der Waals surface area contributed by atoms with Gasteiger partial charge in [-0.15, -0.1) is 10.2 Å². The van der Waals surface area contributed by atoms with Crippen molar-refractivity contribution in [1.82, 2.24) is 15.2 Å². The molecule has 0 atom stereocenters. The van der Waals surface area contributed by atoms with Gasteiger partial charge < -0.3 is 10.5 Å². The molecule has 0 spiro atoms. The number of ether oxygens (including phenoxy) is 1. The van der Waals surface area contributed by atoms with E-state index in [0.29, 0.717) is 17.3 Å². The number of rotatable bonds is 2. The number of aryl methyl sites for hydroxylation is 2. The summed E-state index contributed by atoms with van der Waals surface area (Å²) in [5.74, 6) is 1.84. The molecular formula is C14H18N4O. The maximum Gasteiger partial charge on any atom is 0.154 e. The van der Waals surface area contributed by atoms with E-state index in [2.05, 4.69) is 15.2 Å². The molecule has 0 saturated carbocycles. The standard InChI is InChI=1S/C14H18N4O/c1-7-6-11(19-5)8(2)9(3)12(7)13-14(15)16-10(4)17-18-13/h6H,1-5H3,(H2,15,16,17).